The second-order valence-electron chi connectivity index (χ2n) is 13.5. The van der Waals surface area contributed by atoms with E-state index >= 15 is 0 Å². The summed E-state index contributed by atoms with van der Waals surface area (Å²) in [6.45, 7) is 6.06. The lowest BCUT2D eigenvalue weighted by molar-refractivity contribution is -0.143. The zero-order valence-corrected chi connectivity index (χ0v) is 29.8. The molecule has 51 heavy (non-hydrogen) atoms. The molecule has 0 saturated carbocycles. The van der Waals surface area contributed by atoms with Crippen LogP contribution in [0, 0.1) is 5.92 Å². The second kappa shape index (κ2) is 18.4. The van der Waals surface area contributed by atoms with E-state index in [1.54, 1.807) is 49.1 Å². The van der Waals surface area contributed by atoms with Crippen molar-refractivity contribution in [3.05, 3.63) is 47.8 Å². The molecule has 16 heteroatoms. The van der Waals surface area contributed by atoms with Gasteiger partial charge in [-0.05, 0) is 57.6 Å². The van der Waals surface area contributed by atoms with Gasteiger partial charge in [0.15, 0.2) is 0 Å². The third-order valence-corrected chi connectivity index (χ3v) is 9.73. The summed E-state index contributed by atoms with van der Waals surface area (Å²) >= 11 is 0. The maximum absolute atomic E-state index is 14.0. The van der Waals surface area contributed by atoms with Gasteiger partial charge in [0, 0.05) is 32.1 Å². The first-order chi connectivity index (χ1) is 24.4. The summed E-state index contributed by atoms with van der Waals surface area (Å²) in [4.78, 5) is 82.0. The van der Waals surface area contributed by atoms with Crippen LogP contribution in [-0.4, -0.2) is 110 Å². The number of nitrogens with one attached hydrogen (secondary N) is 5. The molecule has 0 aliphatic carbocycles. The van der Waals surface area contributed by atoms with E-state index in [1.165, 1.54) is 4.90 Å². The molecule has 1 saturated heterocycles. The number of nitrogens with zero attached hydrogens (tertiary/aromatic N) is 4. The molecule has 3 heterocycles. The summed E-state index contributed by atoms with van der Waals surface area (Å²) < 4.78 is 1.61. The first kappa shape index (κ1) is 38.9. The first-order valence-electron chi connectivity index (χ1n) is 17.8. The Bertz CT molecular complexity index is 1530. The number of hydrogen-bond acceptors (Lipinski definition) is 9. The van der Waals surface area contributed by atoms with E-state index in [9.17, 15) is 33.9 Å². The number of benzene rings is 1. The van der Waals surface area contributed by atoms with Crippen LogP contribution in [-0.2, 0) is 48.2 Å². The minimum absolute atomic E-state index is 0.0540. The number of likely N-dealkylation sites (N-methyl/N-ethyl adjacent to an activating group) is 1. The van der Waals surface area contributed by atoms with Crippen molar-refractivity contribution in [1.29, 1.82) is 0 Å². The van der Waals surface area contributed by atoms with Gasteiger partial charge in [0.2, 0.25) is 29.5 Å². The zero-order valence-electron chi connectivity index (χ0n) is 29.8. The molecule has 1 fully saturated rings. The smallest absolute Gasteiger partial charge is 0.326 e. The van der Waals surface area contributed by atoms with Crippen LogP contribution in [0.2, 0.25) is 0 Å². The number of rotatable bonds is 10. The van der Waals surface area contributed by atoms with Crippen LogP contribution in [0.5, 0.6) is 0 Å². The van der Waals surface area contributed by atoms with Crippen molar-refractivity contribution in [1.82, 2.24) is 46.5 Å². The highest BCUT2D eigenvalue weighted by Crippen LogP contribution is 2.21. The Balaban J connectivity index is 1.62. The van der Waals surface area contributed by atoms with Gasteiger partial charge < -0.3 is 36.6 Å². The van der Waals surface area contributed by atoms with Crippen molar-refractivity contribution in [3.63, 3.8) is 0 Å². The zero-order chi connectivity index (χ0) is 37.1. The molecule has 2 bridgehead atoms. The Morgan fingerprint density at radius 1 is 1.00 bits per heavy atom. The normalized spacial score (nSPS) is 23.8. The van der Waals surface area contributed by atoms with Crippen molar-refractivity contribution in [2.24, 2.45) is 5.92 Å². The highest BCUT2D eigenvalue weighted by atomic mass is 16.4. The lowest BCUT2D eigenvalue weighted by atomic mass is 9.96. The molecule has 0 radical (unpaired) electrons. The Morgan fingerprint density at radius 2 is 1.75 bits per heavy atom. The second-order valence-corrected chi connectivity index (χ2v) is 13.5. The van der Waals surface area contributed by atoms with E-state index < -0.39 is 65.8 Å². The Kier molecular flexibility index (Phi) is 14.0. The minimum Gasteiger partial charge on any atom is -0.480 e. The van der Waals surface area contributed by atoms with Gasteiger partial charge in [0.1, 0.15) is 30.2 Å². The largest absolute Gasteiger partial charge is 0.480 e. The summed E-state index contributed by atoms with van der Waals surface area (Å²) in [7, 11) is 1.64. The molecule has 2 aliphatic heterocycles. The summed E-state index contributed by atoms with van der Waals surface area (Å²) in [5.41, 5.74) is 1.21. The molecule has 2 aromatic rings. The number of carbonyl (C=O) groups excluding carboxylic acids is 5. The summed E-state index contributed by atoms with van der Waals surface area (Å²) in [6.07, 6.45) is 4.42. The van der Waals surface area contributed by atoms with Gasteiger partial charge in [-0.3, -0.25) is 28.7 Å². The topological polar surface area (TPSA) is 217 Å². The average molecular weight is 710 g/mol. The average Bonchev–Trinajstić information content (AvgIpc) is 3.80. The number of aryl methyl sites for hydroxylation is 1. The van der Waals surface area contributed by atoms with Gasteiger partial charge in [0.05, 0.1) is 11.7 Å². The molecule has 5 amide bonds. The summed E-state index contributed by atoms with van der Waals surface area (Å²) in [5, 5.41) is 32.3. The van der Waals surface area contributed by atoms with Crippen LogP contribution < -0.4 is 26.6 Å². The number of hydrogen-bond donors (Lipinski definition) is 6. The predicted molar refractivity (Wildman–Crippen MR) is 186 cm³/mol. The first-order valence-corrected chi connectivity index (χ1v) is 17.8. The minimum atomic E-state index is -1.23. The van der Waals surface area contributed by atoms with Gasteiger partial charge >= 0.3 is 5.97 Å². The maximum Gasteiger partial charge on any atom is 0.326 e. The summed E-state index contributed by atoms with van der Waals surface area (Å²) in [6, 6.07) is 3.11. The molecule has 278 valence electrons. The van der Waals surface area contributed by atoms with E-state index in [0.29, 0.717) is 44.3 Å². The standard InChI is InChI=1S/C35H51N9O7/c1-5-21(2)29-33(48)37-25(31(46)39-27(35(50)51)18-23-12-7-6-8-13-23)14-9-10-16-43-20-24(41-42-43)19-26(38-30(45)22(3)36-4)34(49)44-17-11-15-28(44)32(47)40-29/h6-8,12-13,20-22,25-29,36H,5,9-11,14-19H2,1-4H3,(H,37,48)(H,38,45)(H,39,46)(H,40,47)(H,50,51). The lowest BCUT2D eigenvalue weighted by Gasteiger charge is -2.31. The van der Waals surface area contributed by atoms with E-state index in [2.05, 4.69) is 36.9 Å². The quantitative estimate of drug-likeness (QED) is 0.193. The number of fused-ring (bicyclic) bond motifs is 3. The molecule has 4 rings (SSSR count). The molecule has 7 atom stereocenters. The van der Waals surface area contributed by atoms with Gasteiger partial charge in [-0.1, -0.05) is 55.8 Å². The fraction of sp³-hybridized carbons (Fsp3) is 0.600. The van der Waals surface area contributed by atoms with E-state index in [0.717, 1.165) is 5.56 Å². The summed E-state index contributed by atoms with van der Waals surface area (Å²) in [5.74, 6) is -4.12. The molecular weight excluding hydrogens is 658 g/mol. The Labute approximate surface area is 297 Å². The van der Waals surface area contributed by atoms with Gasteiger partial charge in [0.25, 0.3) is 0 Å². The highest BCUT2D eigenvalue weighted by molar-refractivity contribution is 5.96. The van der Waals surface area contributed by atoms with Crippen LogP contribution in [0.1, 0.15) is 70.6 Å². The highest BCUT2D eigenvalue weighted by Gasteiger charge is 2.40. The van der Waals surface area contributed by atoms with Crippen LogP contribution in [0.3, 0.4) is 0 Å². The van der Waals surface area contributed by atoms with Crippen molar-refractivity contribution in [2.75, 3.05) is 13.6 Å². The maximum atomic E-state index is 14.0. The van der Waals surface area contributed by atoms with Crippen LogP contribution in [0.25, 0.3) is 0 Å². The molecule has 0 spiro atoms. The van der Waals surface area contributed by atoms with Crippen molar-refractivity contribution < 1.29 is 33.9 Å². The number of carbonyl (C=O) groups is 6. The lowest BCUT2D eigenvalue weighted by Crippen LogP contribution is -2.60. The van der Waals surface area contributed by atoms with E-state index in [1.807, 2.05) is 19.9 Å². The van der Waals surface area contributed by atoms with Gasteiger partial charge in [-0.15, -0.1) is 5.10 Å². The number of aliphatic carboxylic acids is 1. The van der Waals surface area contributed by atoms with Crippen LogP contribution in [0.4, 0.5) is 0 Å². The number of amides is 5. The molecule has 6 N–H and O–H groups in total. The van der Waals surface area contributed by atoms with Crippen molar-refractivity contribution in [2.45, 2.75) is 115 Å². The molecule has 16 nitrogen and oxygen atoms in total. The molecular formula is C35H51N9O7. The third-order valence-electron chi connectivity index (χ3n) is 9.73. The fourth-order valence-electron chi connectivity index (χ4n) is 6.31. The van der Waals surface area contributed by atoms with Gasteiger partial charge in [-0.2, -0.15) is 0 Å². The Morgan fingerprint density at radius 3 is 2.43 bits per heavy atom. The fourth-order valence-corrected chi connectivity index (χ4v) is 6.31. The Hall–Kier alpha value is -4.86. The predicted octanol–water partition coefficient (Wildman–Crippen LogP) is -0.0840. The monoisotopic (exact) mass is 709 g/mol. The number of carboxylic acid groups (broad SMARTS) is 1. The number of carboxylic acids is 1. The molecule has 2 aliphatic rings. The van der Waals surface area contributed by atoms with Crippen LogP contribution in [0.15, 0.2) is 36.5 Å². The van der Waals surface area contributed by atoms with E-state index in [-0.39, 0.29) is 37.6 Å². The SMILES string of the molecule is CCC(C)C1NC(=O)C2CCCN2C(=O)C(NC(=O)C(C)NC)Cc2cn(nn2)CCCCC(C(=O)NC(Cc2ccccc2)C(=O)O)NC1=O. The van der Waals surface area contributed by atoms with E-state index in [4.69, 9.17) is 0 Å². The molecule has 7 unspecified atom stereocenters. The molecule has 1 aromatic heterocycles. The van der Waals surface area contributed by atoms with Crippen molar-refractivity contribution >= 4 is 35.5 Å². The third kappa shape index (κ3) is 10.6. The van der Waals surface area contributed by atoms with Crippen LogP contribution >= 0.6 is 0 Å². The molecule has 1 aromatic carbocycles. The van der Waals surface area contributed by atoms with Gasteiger partial charge in [-0.25, -0.2) is 4.79 Å². The van der Waals surface area contributed by atoms with Crippen molar-refractivity contribution in [3.8, 4) is 0 Å². The number of aromatic nitrogens is 3.